The van der Waals surface area contributed by atoms with Crippen molar-refractivity contribution < 1.29 is 9.26 Å². The zero-order chi connectivity index (χ0) is 17.8. The predicted molar refractivity (Wildman–Crippen MR) is 102 cm³/mol. The summed E-state index contributed by atoms with van der Waals surface area (Å²) in [4.78, 5) is 9.59. The fourth-order valence-electron chi connectivity index (χ4n) is 4.11. The van der Waals surface area contributed by atoms with Crippen molar-refractivity contribution in [3.63, 3.8) is 0 Å². The Morgan fingerprint density at radius 3 is 2.73 bits per heavy atom. The molecule has 26 heavy (non-hydrogen) atoms. The second-order valence-electron chi connectivity index (χ2n) is 7.32. The topological polar surface area (TPSA) is 54.6 Å². The van der Waals surface area contributed by atoms with Crippen LogP contribution in [0.3, 0.4) is 0 Å². The number of likely N-dealkylation sites (tertiary alicyclic amines) is 1. The van der Waals surface area contributed by atoms with Crippen LogP contribution in [0.5, 0.6) is 5.75 Å². The van der Waals surface area contributed by atoms with Crippen LogP contribution in [0.1, 0.15) is 38.5 Å². The van der Waals surface area contributed by atoms with E-state index < -0.39 is 0 Å². The highest BCUT2D eigenvalue weighted by molar-refractivity contribution is 5.58. The van der Waals surface area contributed by atoms with Crippen LogP contribution in [-0.4, -0.2) is 54.4 Å². The van der Waals surface area contributed by atoms with Gasteiger partial charge in [0.1, 0.15) is 5.75 Å². The van der Waals surface area contributed by atoms with E-state index in [0.29, 0.717) is 17.9 Å². The molecule has 2 fully saturated rings. The number of hydrogen-bond acceptors (Lipinski definition) is 6. The third-order valence-corrected chi connectivity index (χ3v) is 5.57. The average molecular weight is 356 g/mol. The molecular formula is C20H28N4O2. The van der Waals surface area contributed by atoms with E-state index in [9.17, 15) is 0 Å². The molecule has 6 heteroatoms. The van der Waals surface area contributed by atoms with E-state index in [1.165, 1.54) is 51.6 Å². The highest BCUT2D eigenvalue weighted by Gasteiger charge is 2.28. The number of benzene rings is 1. The fraction of sp³-hybridized carbons (Fsp3) is 0.600. The third kappa shape index (κ3) is 3.85. The Bertz CT molecular complexity index is 709. The number of ether oxygens (including phenoxy) is 1. The van der Waals surface area contributed by atoms with Gasteiger partial charge >= 0.3 is 6.01 Å². The zero-order valence-electron chi connectivity index (χ0n) is 15.6. The summed E-state index contributed by atoms with van der Waals surface area (Å²) in [5, 5.41) is 4.19. The first-order valence-corrected chi connectivity index (χ1v) is 9.80. The lowest BCUT2D eigenvalue weighted by atomic mass is 10.0. The minimum Gasteiger partial charge on any atom is -0.497 e. The Labute approximate surface area is 155 Å². The van der Waals surface area contributed by atoms with Crippen molar-refractivity contribution >= 4 is 6.01 Å². The molecule has 0 saturated carbocycles. The number of methoxy groups -OCH3 is 1. The summed E-state index contributed by atoms with van der Waals surface area (Å²) >= 11 is 0. The van der Waals surface area contributed by atoms with Crippen LogP contribution in [0.25, 0.3) is 11.4 Å². The van der Waals surface area contributed by atoms with Gasteiger partial charge in [-0.1, -0.05) is 30.1 Å². The van der Waals surface area contributed by atoms with Gasteiger partial charge in [0.25, 0.3) is 0 Å². The number of nitrogens with zero attached hydrogens (tertiary/aromatic N) is 4. The maximum absolute atomic E-state index is 5.60. The van der Waals surface area contributed by atoms with Gasteiger partial charge in [0.2, 0.25) is 5.82 Å². The van der Waals surface area contributed by atoms with Crippen LogP contribution in [0.2, 0.25) is 0 Å². The summed E-state index contributed by atoms with van der Waals surface area (Å²) in [6.45, 7) is 4.44. The monoisotopic (exact) mass is 356 g/mol. The van der Waals surface area contributed by atoms with Crippen molar-refractivity contribution in [1.29, 1.82) is 0 Å². The van der Waals surface area contributed by atoms with E-state index in [1.807, 2.05) is 24.3 Å². The van der Waals surface area contributed by atoms with Crippen LogP contribution in [-0.2, 0) is 0 Å². The minimum absolute atomic E-state index is 0.606. The van der Waals surface area contributed by atoms with Crippen molar-refractivity contribution in [3.05, 3.63) is 24.3 Å². The highest BCUT2D eigenvalue weighted by atomic mass is 16.5. The molecule has 2 aliphatic heterocycles. The lowest BCUT2D eigenvalue weighted by molar-refractivity contribution is 0.179. The molecule has 3 heterocycles. The summed E-state index contributed by atoms with van der Waals surface area (Å²) < 4.78 is 10.9. The molecule has 0 amide bonds. The number of rotatable bonds is 4. The first-order valence-electron chi connectivity index (χ1n) is 9.80. The predicted octanol–water partition coefficient (Wildman–Crippen LogP) is 3.59. The molecule has 6 nitrogen and oxygen atoms in total. The molecule has 0 aliphatic carbocycles. The highest BCUT2D eigenvalue weighted by Crippen LogP contribution is 2.26. The van der Waals surface area contributed by atoms with Crippen LogP contribution in [0.15, 0.2) is 28.8 Å². The Morgan fingerprint density at radius 1 is 1.08 bits per heavy atom. The molecule has 2 aromatic rings. The number of piperidine rings is 1. The quantitative estimate of drug-likeness (QED) is 0.834. The molecule has 0 bridgehead atoms. The average Bonchev–Trinajstić information content (AvgIpc) is 3.04. The SMILES string of the molecule is COc1cccc(-c2noc(N3CCCC(N4CCCCCC4)C3)n2)c1. The van der Waals surface area contributed by atoms with Crippen molar-refractivity contribution in [3.8, 4) is 17.1 Å². The molecule has 2 saturated heterocycles. The molecule has 4 rings (SSSR count). The van der Waals surface area contributed by atoms with Gasteiger partial charge in [-0.25, -0.2) is 0 Å². The molecule has 1 aromatic carbocycles. The number of anilines is 1. The third-order valence-electron chi connectivity index (χ3n) is 5.57. The summed E-state index contributed by atoms with van der Waals surface area (Å²) in [5.74, 6) is 1.42. The summed E-state index contributed by atoms with van der Waals surface area (Å²) in [7, 11) is 1.66. The largest absolute Gasteiger partial charge is 0.497 e. The minimum atomic E-state index is 0.606. The van der Waals surface area contributed by atoms with E-state index >= 15 is 0 Å². The van der Waals surface area contributed by atoms with Gasteiger partial charge < -0.3 is 14.2 Å². The van der Waals surface area contributed by atoms with Gasteiger partial charge in [-0.2, -0.15) is 4.98 Å². The van der Waals surface area contributed by atoms with Crippen LogP contribution in [0.4, 0.5) is 6.01 Å². The molecule has 0 radical (unpaired) electrons. The van der Waals surface area contributed by atoms with Crippen LogP contribution >= 0.6 is 0 Å². The zero-order valence-corrected chi connectivity index (χ0v) is 15.6. The first-order chi connectivity index (χ1) is 12.8. The molecule has 1 unspecified atom stereocenters. The normalized spacial score (nSPS) is 22.2. The second-order valence-corrected chi connectivity index (χ2v) is 7.32. The number of hydrogen-bond donors (Lipinski definition) is 0. The van der Waals surface area contributed by atoms with Gasteiger partial charge in [-0.05, 0) is 50.9 Å². The molecule has 140 valence electrons. The second kappa shape index (κ2) is 8.08. The molecular weight excluding hydrogens is 328 g/mol. The molecule has 0 spiro atoms. The lowest BCUT2D eigenvalue weighted by Crippen LogP contribution is -2.48. The Hall–Kier alpha value is -2.08. The molecule has 1 aromatic heterocycles. The standard InChI is InChI=1S/C20H28N4O2/c1-25-18-10-6-8-16(14-18)19-21-20(26-22-19)24-13-7-9-17(15-24)23-11-4-2-3-5-12-23/h6,8,10,14,17H,2-5,7,9,11-13,15H2,1H3. The van der Waals surface area contributed by atoms with Gasteiger partial charge in [0, 0.05) is 24.7 Å². The Balaban J connectivity index is 1.46. The summed E-state index contributed by atoms with van der Waals surface area (Å²) in [5.41, 5.74) is 0.917. The van der Waals surface area contributed by atoms with E-state index in [1.54, 1.807) is 7.11 Å². The fourth-order valence-corrected chi connectivity index (χ4v) is 4.11. The smallest absolute Gasteiger partial charge is 0.324 e. The van der Waals surface area contributed by atoms with Crippen molar-refractivity contribution in [2.75, 3.05) is 38.2 Å². The summed E-state index contributed by atoms with van der Waals surface area (Å²) in [6, 6.07) is 9.02. The van der Waals surface area contributed by atoms with E-state index in [0.717, 1.165) is 24.4 Å². The van der Waals surface area contributed by atoms with Gasteiger partial charge in [-0.3, -0.25) is 4.90 Å². The van der Waals surface area contributed by atoms with Crippen molar-refractivity contribution in [2.45, 2.75) is 44.6 Å². The van der Waals surface area contributed by atoms with Crippen LogP contribution in [0, 0.1) is 0 Å². The lowest BCUT2D eigenvalue weighted by Gasteiger charge is -2.38. The van der Waals surface area contributed by atoms with Crippen LogP contribution < -0.4 is 9.64 Å². The first kappa shape index (κ1) is 17.3. The van der Waals surface area contributed by atoms with Gasteiger partial charge in [0.15, 0.2) is 0 Å². The van der Waals surface area contributed by atoms with Crippen molar-refractivity contribution in [1.82, 2.24) is 15.0 Å². The van der Waals surface area contributed by atoms with Crippen molar-refractivity contribution in [2.24, 2.45) is 0 Å². The van der Waals surface area contributed by atoms with E-state index in [4.69, 9.17) is 9.26 Å². The van der Waals surface area contributed by atoms with Gasteiger partial charge in [-0.15, -0.1) is 0 Å². The maximum atomic E-state index is 5.60. The number of aromatic nitrogens is 2. The Kier molecular flexibility index (Phi) is 5.39. The molecule has 2 aliphatic rings. The molecule has 0 N–H and O–H groups in total. The van der Waals surface area contributed by atoms with E-state index in [2.05, 4.69) is 19.9 Å². The molecule has 1 atom stereocenters. The van der Waals surface area contributed by atoms with E-state index in [-0.39, 0.29) is 0 Å². The van der Waals surface area contributed by atoms with Gasteiger partial charge in [0.05, 0.1) is 7.11 Å². The summed E-state index contributed by atoms with van der Waals surface area (Å²) in [6.07, 6.45) is 7.86. The Morgan fingerprint density at radius 2 is 1.92 bits per heavy atom. The maximum Gasteiger partial charge on any atom is 0.324 e.